The number of hydrogen-bond acceptors (Lipinski definition) is 4. The second-order valence-electron chi connectivity index (χ2n) is 9.73. The van der Waals surface area contributed by atoms with Crippen LogP contribution in [-0.4, -0.2) is 25.2 Å². The fourth-order valence-corrected chi connectivity index (χ4v) is 4.00. The van der Waals surface area contributed by atoms with Gasteiger partial charge >= 0.3 is 11.9 Å². The maximum atomic E-state index is 11.7. The van der Waals surface area contributed by atoms with Gasteiger partial charge in [-0.05, 0) is 32.1 Å². The van der Waals surface area contributed by atoms with Crippen LogP contribution >= 0.6 is 0 Å². The van der Waals surface area contributed by atoms with Gasteiger partial charge in [-0.15, -0.1) is 0 Å². The largest absolute Gasteiger partial charge is 0.463 e. The van der Waals surface area contributed by atoms with Crippen molar-refractivity contribution in [3.05, 3.63) is 24.3 Å². The van der Waals surface area contributed by atoms with Gasteiger partial charge in [0.05, 0.1) is 13.2 Å². The van der Waals surface area contributed by atoms with Crippen molar-refractivity contribution in [2.24, 2.45) is 0 Å². The number of hydrogen-bond donors (Lipinski definition) is 0. The summed E-state index contributed by atoms with van der Waals surface area (Å²) in [5.74, 6) is -0.955. The summed E-state index contributed by atoms with van der Waals surface area (Å²) in [5, 5.41) is 0. The summed E-state index contributed by atoms with van der Waals surface area (Å²) in [6.07, 6.45) is 32.9. The Hall–Kier alpha value is -1.58. The van der Waals surface area contributed by atoms with Crippen molar-refractivity contribution >= 4 is 11.9 Å². The zero-order chi connectivity index (χ0) is 25.7. The zero-order valence-electron chi connectivity index (χ0n) is 23.2. The Balaban J connectivity index is 3.39. The summed E-state index contributed by atoms with van der Waals surface area (Å²) in [6.45, 7) is 5.26. The molecule has 0 heterocycles. The highest BCUT2D eigenvalue weighted by Gasteiger charge is 2.01. The van der Waals surface area contributed by atoms with Gasteiger partial charge in [0.1, 0.15) is 0 Å². The van der Waals surface area contributed by atoms with E-state index < -0.39 is 11.9 Å². The molecule has 0 saturated heterocycles. The first kappa shape index (κ1) is 33.4. The molecule has 0 aromatic heterocycles. The fourth-order valence-electron chi connectivity index (χ4n) is 4.00. The number of allylic oxidation sites excluding steroid dienone is 2. The molecule has 0 amide bonds. The van der Waals surface area contributed by atoms with Crippen LogP contribution in [0.4, 0.5) is 0 Å². The van der Waals surface area contributed by atoms with Crippen molar-refractivity contribution in [1.29, 1.82) is 0 Å². The smallest absolute Gasteiger partial charge is 0.331 e. The molecule has 0 radical (unpaired) electrons. The van der Waals surface area contributed by atoms with Crippen LogP contribution in [0, 0.1) is 0 Å². The lowest BCUT2D eigenvalue weighted by Crippen LogP contribution is -2.06. The first-order chi connectivity index (χ1) is 17.2. The molecule has 0 aromatic rings. The lowest BCUT2D eigenvalue weighted by Gasteiger charge is -2.04. The maximum Gasteiger partial charge on any atom is 0.331 e. The molecule has 0 unspecified atom stereocenters. The van der Waals surface area contributed by atoms with Gasteiger partial charge in [-0.25, -0.2) is 9.59 Å². The molecule has 0 fully saturated rings. The molecule has 0 aliphatic heterocycles. The molecule has 0 aliphatic carbocycles. The first-order valence-corrected chi connectivity index (χ1v) is 14.9. The summed E-state index contributed by atoms with van der Waals surface area (Å²) < 4.78 is 10.3. The average Bonchev–Trinajstić information content (AvgIpc) is 2.86. The van der Waals surface area contributed by atoms with E-state index in [0.29, 0.717) is 13.2 Å². The second kappa shape index (κ2) is 28.7. The van der Waals surface area contributed by atoms with Crippen LogP contribution < -0.4 is 0 Å². The van der Waals surface area contributed by atoms with Gasteiger partial charge in [0.2, 0.25) is 0 Å². The third kappa shape index (κ3) is 28.5. The highest BCUT2D eigenvalue weighted by molar-refractivity contribution is 5.91. The SMILES string of the molecule is CCCCC/C=C/CCCOC(=O)/C=C/C(=O)OCCCCCCCCCCCCCCCCC. The number of unbranched alkanes of at least 4 members (excludes halogenated alkanes) is 18. The quantitative estimate of drug-likeness (QED) is 0.0522. The zero-order valence-corrected chi connectivity index (χ0v) is 23.2. The second-order valence-corrected chi connectivity index (χ2v) is 9.73. The summed E-state index contributed by atoms with van der Waals surface area (Å²) in [6, 6.07) is 0. The van der Waals surface area contributed by atoms with Gasteiger partial charge in [-0.2, -0.15) is 0 Å². The van der Waals surface area contributed by atoms with Gasteiger partial charge in [-0.1, -0.05) is 129 Å². The topological polar surface area (TPSA) is 52.6 Å². The molecular weight excluding hydrogens is 436 g/mol. The van der Waals surface area contributed by atoms with Crippen LogP contribution in [0.2, 0.25) is 0 Å². The Morgan fingerprint density at radius 3 is 1.26 bits per heavy atom. The summed E-state index contributed by atoms with van der Waals surface area (Å²) >= 11 is 0. The third-order valence-electron chi connectivity index (χ3n) is 6.25. The minimum Gasteiger partial charge on any atom is -0.463 e. The minimum atomic E-state index is -0.485. The first-order valence-electron chi connectivity index (χ1n) is 14.9. The summed E-state index contributed by atoms with van der Waals surface area (Å²) in [7, 11) is 0. The molecule has 4 heteroatoms. The number of carbonyl (C=O) groups is 2. The standard InChI is InChI=1S/C31H56O4/c1-3-5-7-9-11-13-14-15-16-17-18-19-21-23-25-29-35-31(33)27-26-30(32)34-28-24-22-20-12-10-8-6-4-2/h12,20,26-27H,3-11,13-19,21-25,28-29H2,1-2H3/b20-12+,27-26+. The molecule has 0 saturated carbocycles. The molecule has 0 N–H and O–H groups in total. The van der Waals surface area contributed by atoms with E-state index in [-0.39, 0.29) is 0 Å². The molecule has 0 bridgehead atoms. The number of carbonyl (C=O) groups excluding carboxylic acids is 2. The van der Waals surface area contributed by atoms with Gasteiger partial charge < -0.3 is 9.47 Å². The molecule has 0 rings (SSSR count). The van der Waals surface area contributed by atoms with E-state index in [1.807, 2.05) is 0 Å². The van der Waals surface area contributed by atoms with Crippen molar-refractivity contribution in [3.63, 3.8) is 0 Å². The van der Waals surface area contributed by atoms with E-state index in [1.165, 1.54) is 109 Å². The normalized spacial score (nSPS) is 11.5. The number of esters is 2. The minimum absolute atomic E-state index is 0.372. The molecule has 0 spiro atoms. The van der Waals surface area contributed by atoms with E-state index in [9.17, 15) is 9.59 Å². The van der Waals surface area contributed by atoms with Crippen LogP contribution in [0.1, 0.15) is 149 Å². The third-order valence-corrected chi connectivity index (χ3v) is 6.25. The molecular formula is C31H56O4. The Morgan fingerprint density at radius 2 is 0.800 bits per heavy atom. The van der Waals surface area contributed by atoms with Crippen molar-refractivity contribution in [2.45, 2.75) is 149 Å². The summed E-state index contributed by atoms with van der Waals surface area (Å²) in [5.41, 5.74) is 0. The predicted molar refractivity (Wildman–Crippen MR) is 149 cm³/mol. The fraction of sp³-hybridized carbons (Fsp3) is 0.806. The van der Waals surface area contributed by atoms with Crippen LogP contribution in [-0.2, 0) is 19.1 Å². The monoisotopic (exact) mass is 492 g/mol. The van der Waals surface area contributed by atoms with Gasteiger partial charge in [0.25, 0.3) is 0 Å². The van der Waals surface area contributed by atoms with Crippen molar-refractivity contribution in [2.75, 3.05) is 13.2 Å². The number of rotatable bonds is 26. The van der Waals surface area contributed by atoms with Crippen LogP contribution in [0.5, 0.6) is 0 Å². The van der Waals surface area contributed by atoms with E-state index in [4.69, 9.17) is 9.47 Å². The van der Waals surface area contributed by atoms with E-state index in [0.717, 1.165) is 38.2 Å². The van der Waals surface area contributed by atoms with E-state index in [2.05, 4.69) is 26.0 Å². The van der Waals surface area contributed by atoms with Gasteiger partial charge in [0.15, 0.2) is 0 Å². The lowest BCUT2D eigenvalue weighted by atomic mass is 10.0. The Bertz CT molecular complexity index is 524. The molecule has 0 atom stereocenters. The molecule has 0 aromatic carbocycles. The molecule has 35 heavy (non-hydrogen) atoms. The predicted octanol–water partition coefficient (Wildman–Crippen LogP) is 9.42. The van der Waals surface area contributed by atoms with Crippen LogP contribution in [0.15, 0.2) is 24.3 Å². The Morgan fingerprint density at radius 1 is 0.457 bits per heavy atom. The van der Waals surface area contributed by atoms with Crippen LogP contribution in [0.3, 0.4) is 0 Å². The summed E-state index contributed by atoms with van der Waals surface area (Å²) in [4.78, 5) is 23.3. The van der Waals surface area contributed by atoms with E-state index in [1.54, 1.807) is 0 Å². The van der Waals surface area contributed by atoms with E-state index >= 15 is 0 Å². The highest BCUT2D eigenvalue weighted by atomic mass is 16.5. The number of ether oxygens (including phenoxy) is 2. The van der Waals surface area contributed by atoms with Crippen LogP contribution in [0.25, 0.3) is 0 Å². The average molecular weight is 493 g/mol. The van der Waals surface area contributed by atoms with Crippen molar-refractivity contribution in [1.82, 2.24) is 0 Å². The maximum absolute atomic E-state index is 11.7. The Labute approximate surface area is 217 Å². The van der Waals surface area contributed by atoms with Gasteiger partial charge in [0, 0.05) is 12.2 Å². The highest BCUT2D eigenvalue weighted by Crippen LogP contribution is 2.13. The molecule has 204 valence electrons. The molecule has 0 aliphatic rings. The van der Waals surface area contributed by atoms with Crippen molar-refractivity contribution < 1.29 is 19.1 Å². The lowest BCUT2D eigenvalue weighted by molar-refractivity contribution is -0.140. The molecule has 4 nitrogen and oxygen atoms in total. The van der Waals surface area contributed by atoms with Crippen molar-refractivity contribution in [3.8, 4) is 0 Å². The van der Waals surface area contributed by atoms with Gasteiger partial charge in [-0.3, -0.25) is 0 Å². The Kier molecular flexibility index (Phi) is 27.4.